The first-order valence-corrected chi connectivity index (χ1v) is 9.65. The van der Waals surface area contributed by atoms with E-state index in [1.807, 2.05) is 6.92 Å². The minimum atomic E-state index is -0.459. The number of anilines is 3. The second-order valence-corrected chi connectivity index (χ2v) is 6.88. The van der Waals surface area contributed by atoms with Crippen molar-refractivity contribution in [2.24, 2.45) is 0 Å². The highest BCUT2D eigenvalue weighted by atomic mass is 16.6. The highest BCUT2D eigenvalue weighted by Gasteiger charge is 2.07. The Labute approximate surface area is 188 Å². The van der Waals surface area contributed by atoms with E-state index in [9.17, 15) is 30.3 Å². The number of nitrogens with one attached hydrogen (secondary N) is 2. The van der Waals surface area contributed by atoms with Gasteiger partial charge in [0.2, 0.25) is 0 Å². The summed E-state index contributed by atoms with van der Waals surface area (Å²) >= 11 is 0. The molecule has 0 amide bonds. The maximum atomic E-state index is 10.6. The zero-order valence-corrected chi connectivity index (χ0v) is 17.6. The minimum absolute atomic E-state index is 0.0483. The molecule has 0 aliphatic heterocycles. The van der Waals surface area contributed by atoms with Crippen LogP contribution in [-0.2, 0) is 0 Å². The van der Waals surface area contributed by atoms with Gasteiger partial charge in [0.05, 0.1) is 14.8 Å². The van der Waals surface area contributed by atoms with Crippen molar-refractivity contribution < 1.29 is 14.8 Å². The first-order valence-electron chi connectivity index (χ1n) is 9.65. The predicted molar refractivity (Wildman–Crippen MR) is 125 cm³/mol. The second kappa shape index (κ2) is 11.6. The summed E-state index contributed by atoms with van der Waals surface area (Å²) in [6.07, 6.45) is 0. The van der Waals surface area contributed by atoms with Gasteiger partial charge in [-0.15, -0.1) is 0 Å². The van der Waals surface area contributed by atoms with Crippen molar-refractivity contribution in [2.75, 3.05) is 22.9 Å². The lowest BCUT2D eigenvalue weighted by molar-refractivity contribution is -0.385. The number of rotatable bonds is 8. The van der Waals surface area contributed by atoms with Crippen LogP contribution in [-0.4, -0.2) is 27.4 Å². The zero-order chi connectivity index (χ0) is 24.4. The molecule has 0 aliphatic rings. The first-order chi connectivity index (χ1) is 15.7. The van der Waals surface area contributed by atoms with Crippen LogP contribution >= 0.6 is 0 Å². The van der Waals surface area contributed by atoms with E-state index in [0.29, 0.717) is 12.2 Å². The number of nitro groups is 3. The number of hydrogen-bond acceptors (Lipinski definition) is 9. The molecule has 0 saturated heterocycles. The van der Waals surface area contributed by atoms with Crippen LogP contribution in [0.1, 0.15) is 6.92 Å². The lowest BCUT2D eigenvalue weighted by Gasteiger charge is -2.16. The number of benzene rings is 3. The van der Waals surface area contributed by atoms with Crippen LogP contribution in [0.15, 0.2) is 72.8 Å². The van der Waals surface area contributed by atoms with Crippen LogP contribution in [0.2, 0.25) is 0 Å². The summed E-state index contributed by atoms with van der Waals surface area (Å²) in [6, 6.07) is 18.2. The fourth-order valence-corrected chi connectivity index (χ4v) is 2.58. The third-order valence-corrected chi connectivity index (χ3v) is 4.29. The maximum Gasteiger partial charge on any atom is 0.269 e. The Hall–Kier alpha value is -4.74. The summed E-state index contributed by atoms with van der Waals surface area (Å²) < 4.78 is 0. The Morgan fingerprint density at radius 3 is 1.45 bits per heavy atom. The molecule has 0 bridgehead atoms. The van der Waals surface area contributed by atoms with Crippen LogP contribution < -0.4 is 16.4 Å². The van der Waals surface area contributed by atoms with Crippen LogP contribution in [0.25, 0.3) is 0 Å². The van der Waals surface area contributed by atoms with Gasteiger partial charge in [-0.25, -0.2) is 0 Å². The Morgan fingerprint density at radius 2 is 1.06 bits per heavy atom. The fourth-order valence-electron chi connectivity index (χ4n) is 2.58. The zero-order valence-electron chi connectivity index (χ0n) is 17.6. The molecule has 0 heterocycles. The molecule has 3 aromatic carbocycles. The number of non-ortho nitro benzene ring substituents is 3. The van der Waals surface area contributed by atoms with E-state index >= 15 is 0 Å². The molecule has 0 aromatic heterocycles. The predicted octanol–water partition coefficient (Wildman–Crippen LogP) is 4.59. The summed E-state index contributed by atoms with van der Waals surface area (Å²) in [7, 11) is 0. The van der Waals surface area contributed by atoms with E-state index in [0.717, 1.165) is 11.4 Å². The first kappa shape index (κ1) is 24.5. The molecule has 3 aromatic rings. The van der Waals surface area contributed by atoms with Gasteiger partial charge in [-0.1, -0.05) is 0 Å². The topological polar surface area (TPSA) is 180 Å². The molecule has 0 radical (unpaired) electrons. The fraction of sp³-hybridized carbons (Fsp3) is 0.143. The molecule has 12 heteroatoms. The lowest BCUT2D eigenvalue weighted by Crippen LogP contribution is -2.24. The van der Waals surface area contributed by atoms with Gasteiger partial charge in [0, 0.05) is 66.0 Å². The highest BCUT2D eigenvalue weighted by molar-refractivity contribution is 5.51. The van der Waals surface area contributed by atoms with Gasteiger partial charge in [0.1, 0.15) is 0 Å². The minimum Gasteiger partial charge on any atom is -0.399 e. The Morgan fingerprint density at radius 1 is 0.697 bits per heavy atom. The highest BCUT2D eigenvalue weighted by Crippen LogP contribution is 2.18. The molecular weight excluding hydrogens is 432 g/mol. The molecule has 3 rings (SSSR count). The van der Waals surface area contributed by atoms with Gasteiger partial charge < -0.3 is 16.4 Å². The molecule has 0 saturated carbocycles. The molecule has 1 atom stereocenters. The van der Waals surface area contributed by atoms with E-state index in [4.69, 9.17) is 5.73 Å². The molecule has 12 nitrogen and oxygen atoms in total. The van der Waals surface area contributed by atoms with Gasteiger partial charge in [0.25, 0.3) is 17.1 Å². The number of nitrogen functional groups attached to an aromatic ring is 1. The van der Waals surface area contributed by atoms with Crippen molar-refractivity contribution >= 4 is 34.1 Å². The quantitative estimate of drug-likeness (QED) is 0.249. The van der Waals surface area contributed by atoms with Crippen molar-refractivity contribution in [2.45, 2.75) is 13.0 Å². The smallest absolute Gasteiger partial charge is 0.269 e. The van der Waals surface area contributed by atoms with Crippen LogP contribution in [0.5, 0.6) is 0 Å². The van der Waals surface area contributed by atoms with Crippen LogP contribution in [0.4, 0.5) is 34.1 Å². The molecular formula is C21H22N6O6. The third kappa shape index (κ3) is 8.13. The Kier molecular flexibility index (Phi) is 8.62. The number of nitrogens with two attached hydrogens (primary N) is 1. The number of nitro benzene ring substituents is 3. The van der Waals surface area contributed by atoms with Gasteiger partial charge in [0.15, 0.2) is 0 Å². The van der Waals surface area contributed by atoms with Gasteiger partial charge in [-0.3, -0.25) is 30.3 Å². The molecule has 4 N–H and O–H groups in total. The Balaban J connectivity index is 0.000000321. The Bertz CT molecular complexity index is 1090. The van der Waals surface area contributed by atoms with Crippen molar-refractivity contribution in [3.63, 3.8) is 0 Å². The van der Waals surface area contributed by atoms with Gasteiger partial charge in [-0.2, -0.15) is 0 Å². The van der Waals surface area contributed by atoms with Gasteiger partial charge >= 0.3 is 0 Å². The molecule has 0 fully saturated rings. The molecule has 33 heavy (non-hydrogen) atoms. The SMILES string of the molecule is CC(CNc1ccc([N+](=O)[O-])cc1)Nc1ccc([N+](=O)[O-])cc1.Nc1ccc([N+](=O)[O-])cc1. The summed E-state index contributed by atoms with van der Waals surface area (Å²) in [5.74, 6) is 0. The summed E-state index contributed by atoms with van der Waals surface area (Å²) in [4.78, 5) is 29.9. The van der Waals surface area contributed by atoms with E-state index < -0.39 is 14.8 Å². The van der Waals surface area contributed by atoms with Crippen LogP contribution in [0.3, 0.4) is 0 Å². The van der Waals surface area contributed by atoms with Crippen LogP contribution in [0, 0.1) is 30.3 Å². The lowest BCUT2D eigenvalue weighted by atomic mass is 10.2. The molecule has 0 spiro atoms. The number of nitrogens with zero attached hydrogens (tertiary/aromatic N) is 3. The number of hydrogen-bond donors (Lipinski definition) is 3. The summed E-state index contributed by atoms with van der Waals surface area (Å²) in [5.41, 5.74) is 7.57. The van der Waals surface area contributed by atoms with Crippen molar-refractivity contribution in [1.82, 2.24) is 0 Å². The molecule has 1 unspecified atom stereocenters. The average molecular weight is 454 g/mol. The second-order valence-electron chi connectivity index (χ2n) is 6.88. The van der Waals surface area contributed by atoms with E-state index in [-0.39, 0.29) is 23.1 Å². The standard InChI is InChI=1S/C15H16N4O4.C6H6N2O2/c1-11(17-13-4-8-15(9-5-13)19(22)23)10-16-12-2-6-14(7-3-12)18(20)21;7-5-1-3-6(4-2-5)8(9)10/h2-9,11,16-17H,10H2,1H3;1-4H,7H2. The largest absolute Gasteiger partial charge is 0.399 e. The summed E-state index contributed by atoms with van der Waals surface area (Å²) in [6.45, 7) is 2.55. The average Bonchev–Trinajstić information content (AvgIpc) is 2.79. The monoisotopic (exact) mass is 454 g/mol. The third-order valence-electron chi connectivity index (χ3n) is 4.29. The van der Waals surface area contributed by atoms with Crippen molar-refractivity contribution in [3.8, 4) is 0 Å². The molecule has 0 aliphatic carbocycles. The van der Waals surface area contributed by atoms with Crippen molar-refractivity contribution in [1.29, 1.82) is 0 Å². The molecule has 172 valence electrons. The normalized spacial score (nSPS) is 10.8. The van der Waals surface area contributed by atoms with E-state index in [2.05, 4.69) is 10.6 Å². The maximum absolute atomic E-state index is 10.6. The summed E-state index contributed by atoms with van der Waals surface area (Å²) in [5, 5.41) is 37.6. The van der Waals surface area contributed by atoms with Gasteiger partial charge in [-0.05, 0) is 43.3 Å². The van der Waals surface area contributed by atoms with E-state index in [1.165, 1.54) is 48.5 Å². The van der Waals surface area contributed by atoms with Crippen molar-refractivity contribution in [3.05, 3.63) is 103 Å². The van der Waals surface area contributed by atoms with E-state index in [1.54, 1.807) is 24.3 Å².